The van der Waals surface area contributed by atoms with E-state index in [1.54, 1.807) is 19.2 Å². The Bertz CT molecular complexity index is 485. The molecule has 0 aliphatic rings. The number of aryl methyl sites for hydroxylation is 1. The molecule has 0 amide bonds. The molecule has 17 heavy (non-hydrogen) atoms. The first-order valence-electron chi connectivity index (χ1n) is 5.46. The number of halogens is 2. The van der Waals surface area contributed by atoms with Gasteiger partial charge in [-0.1, -0.05) is 23.2 Å². The van der Waals surface area contributed by atoms with Crippen molar-refractivity contribution in [3.8, 4) is 0 Å². The van der Waals surface area contributed by atoms with Gasteiger partial charge in [0.25, 0.3) is 0 Å². The van der Waals surface area contributed by atoms with Crippen LogP contribution in [0.5, 0.6) is 0 Å². The van der Waals surface area contributed by atoms with E-state index in [-0.39, 0.29) is 6.10 Å². The zero-order valence-corrected chi connectivity index (χ0v) is 11.3. The van der Waals surface area contributed by atoms with Crippen molar-refractivity contribution in [2.45, 2.75) is 25.9 Å². The molecule has 92 valence electrons. The molecule has 3 nitrogen and oxygen atoms in total. The number of aromatic nitrogens is 2. The molecule has 2 rings (SSSR count). The van der Waals surface area contributed by atoms with E-state index in [1.807, 2.05) is 6.92 Å². The van der Waals surface area contributed by atoms with Crippen LogP contribution < -0.4 is 0 Å². The van der Waals surface area contributed by atoms with Crippen molar-refractivity contribution in [2.24, 2.45) is 0 Å². The lowest BCUT2D eigenvalue weighted by Crippen LogP contribution is -2.06. The van der Waals surface area contributed by atoms with Crippen molar-refractivity contribution in [3.05, 3.63) is 28.0 Å². The van der Waals surface area contributed by atoms with Gasteiger partial charge in [-0.15, -0.1) is 0 Å². The number of rotatable bonds is 4. The lowest BCUT2D eigenvalue weighted by atomic mass is 10.2. The fraction of sp³-hybridized carbons (Fsp3) is 0.417. The summed E-state index contributed by atoms with van der Waals surface area (Å²) in [7, 11) is 1.71. The molecule has 0 aliphatic heterocycles. The third-order valence-corrected chi connectivity index (χ3v) is 3.49. The number of ether oxygens (including phenoxy) is 1. The van der Waals surface area contributed by atoms with Crippen molar-refractivity contribution < 1.29 is 4.74 Å². The van der Waals surface area contributed by atoms with Crippen molar-refractivity contribution in [1.82, 2.24) is 9.97 Å². The minimum absolute atomic E-state index is 0.232. The highest BCUT2D eigenvalue weighted by atomic mass is 35.5. The molecule has 0 saturated carbocycles. The van der Waals surface area contributed by atoms with E-state index in [4.69, 9.17) is 27.9 Å². The minimum atomic E-state index is 0.232. The normalized spacial score (nSPS) is 13.2. The Balaban J connectivity index is 2.20. The molecule has 2 aromatic rings. The van der Waals surface area contributed by atoms with Crippen LogP contribution >= 0.6 is 23.2 Å². The monoisotopic (exact) mass is 272 g/mol. The van der Waals surface area contributed by atoms with Crippen LogP contribution in [-0.4, -0.2) is 23.2 Å². The highest BCUT2D eigenvalue weighted by Gasteiger charge is 2.08. The second-order valence-electron chi connectivity index (χ2n) is 4.05. The van der Waals surface area contributed by atoms with Gasteiger partial charge >= 0.3 is 0 Å². The van der Waals surface area contributed by atoms with Crippen LogP contribution in [-0.2, 0) is 11.2 Å². The maximum Gasteiger partial charge on any atom is 0.107 e. The number of fused-ring (bicyclic) bond motifs is 1. The van der Waals surface area contributed by atoms with Crippen LogP contribution in [0.4, 0.5) is 0 Å². The van der Waals surface area contributed by atoms with E-state index < -0.39 is 0 Å². The summed E-state index contributed by atoms with van der Waals surface area (Å²) in [5.74, 6) is 0.933. The van der Waals surface area contributed by atoms with Crippen LogP contribution in [0.15, 0.2) is 12.1 Å². The molecule has 0 aliphatic carbocycles. The van der Waals surface area contributed by atoms with Gasteiger partial charge in [0, 0.05) is 13.5 Å². The van der Waals surface area contributed by atoms with Gasteiger partial charge in [0.1, 0.15) is 5.82 Å². The summed E-state index contributed by atoms with van der Waals surface area (Å²) in [5, 5.41) is 1.07. The van der Waals surface area contributed by atoms with E-state index in [1.165, 1.54) is 0 Å². The summed E-state index contributed by atoms with van der Waals surface area (Å²) in [5.41, 5.74) is 1.76. The van der Waals surface area contributed by atoms with Gasteiger partial charge < -0.3 is 9.72 Å². The van der Waals surface area contributed by atoms with Crippen LogP contribution in [0.1, 0.15) is 19.2 Å². The number of hydrogen-bond donors (Lipinski definition) is 1. The zero-order valence-electron chi connectivity index (χ0n) is 9.76. The quantitative estimate of drug-likeness (QED) is 0.919. The van der Waals surface area contributed by atoms with E-state index in [0.717, 1.165) is 29.7 Å². The van der Waals surface area contributed by atoms with Gasteiger partial charge in [-0.25, -0.2) is 4.98 Å². The fourth-order valence-corrected chi connectivity index (χ4v) is 1.96. The molecule has 0 fully saturated rings. The summed E-state index contributed by atoms with van der Waals surface area (Å²) in [6.07, 6.45) is 2.01. The number of methoxy groups -OCH3 is 1. The highest BCUT2D eigenvalue weighted by Crippen LogP contribution is 2.26. The summed E-state index contributed by atoms with van der Waals surface area (Å²) < 4.78 is 5.20. The fourth-order valence-electron chi connectivity index (χ4n) is 1.63. The van der Waals surface area contributed by atoms with Gasteiger partial charge in [-0.05, 0) is 25.5 Å². The Morgan fingerprint density at radius 2 is 2.06 bits per heavy atom. The lowest BCUT2D eigenvalue weighted by Gasteiger charge is -2.06. The molecule has 0 saturated heterocycles. The lowest BCUT2D eigenvalue weighted by molar-refractivity contribution is 0.111. The molecule has 1 unspecified atom stereocenters. The third-order valence-electron chi connectivity index (χ3n) is 2.76. The number of nitrogens with zero attached hydrogens (tertiary/aromatic N) is 1. The molecule has 1 aromatic heterocycles. The first-order chi connectivity index (χ1) is 8.10. The molecule has 1 heterocycles. The van der Waals surface area contributed by atoms with E-state index >= 15 is 0 Å². The van der Waals surface area contributed by atoms with Gasteiger partial charge in [0.15, 0.2) is 0 Å². The maximum atomic E-state index is 5.95. The summed E-state index contributed by atoms with van der Waals surface area (Å²) >= 11 is 11.9. The SMILES string of the molecule is COC(C)CCc1nc2cc(Cl)c(Cl)cc2[nH]1. The Hall–Kier alpha value is -0.770. The van der Waals surface area contributed by atoms with E-state index in [2.05, 4.69) is 9.97 Å². The number of hydrogen-bond acceptors (Lipinski definition) is 2. The first-order valence-corrected chi connectivity index (χ1v) is 6.22. The molecule has 0 spiro atoms. The average molecular weight is 273 g/mol. The average Bonchev–Trinajstić information content (AvgIpc) is 2.68. The third kappa shape index (κ3) is 2.92. The zero-order chi connectivity index (χ0) is 12.4. The maximum absolute atomic E-state index is 5.95. The summed E-state index contributed by atoms with van der Waals surface area (Å²) in [6.45, 7) is 2.04. The standard InChI is InChI=1S/C12H14Cl2N2O/c1-7(17-2)3-4-12-15-10-5-8(13)9(14)6-11(10)16-12/h5-7H,3-4H2,1-2H3,(H,15,16). The Kier molecular flexibility index (Phi) is 3.92. The molecule has 1 atom stereocenters. The van der Waals surface area contributed by atoms with Gasteiger partial charge in [0.05, 0.1) is 27.2 Å². The Morgan fingerprint density at radius 1 is 1.35 bits per heavy atom. The molecule has 0 radical (unpaired) electrons. The van der Waals surface area contributed by atoms with Crippen LogP contribution in [0, 0.1) is 0 Å². The van der Waals surface area contributed by atoms with Gasteiger partial charge in [-0.2, -0.15) is 0 Å². The predicted molar refractivity (Wildman–Crippen MR) is 70.9 cm³/mol. The van der Waals surface area contributed by atoms with E-state index in [9.17, 15) is 0 Å². The molecule has 1 aromatic carbocycles. The topological polar surface area (TPSA) is 37.9 Å². The van der Waals surface area contributed by atoms with Crippen molar-refractivity contribution >= 4 is 34.2 Å². The van der Waals surface area contributed by atoms with Crippen molar-refractivity contribution in [2.75, 3.05) is 7.11 Å². The smallest absolute Gasteiger partial charge is 0.107 e. The molecular formula is C12H14Cl2N2O. The second kappa shape index (κ2) is 5.25. The summed E-state index contributed by atoms with van der Waals surface area (Å²) in [6, 6.07) is 3.58. The van der Waals surface area contributed by atoms with Crippen molar-refractivity contribution in [1.29, 1.82) is 0 Å². The number of benzene rings is 1. The van der Waals surface area contributed by atoms with Gasteiger partial charge in [0.2, 0.25) is 0 Å². The Morgan fingerprint density at radius 3 is 2.76 bits per heavy atom. The van der Waals surface area contributed by atoms with Crippen LogP contribution in [0.2, 0.25) is 10.0 Å². The number of aromatic amines is 1. The van der Waals surface area contributed by atoms with Gasteiger partial charge in [-0.3, -0.25) is 0 Å². The Labute approximate surface area is 110 Å². The van der Waals surface area contributed by atoms with E-state index in [0.29, 0.717) is 10.0 Å². The van der Waals surface area contributed by atoms with Crippen LogP contribution in [0.25, 0.3) is 11.0 Å². The number of nitrogens with one attached hydrogen (secondary N) is 1. The summed E-state index contributed by atoms with van der Waals surface area (Å²) in [4.78, 5) is 7.70. The molecular weight excluding hydrogens is 259 g/mol. The molecule has 1 N–H and O–H groups in total. The largest absolute Gasteiger partial charge is 0.382 e. The second-order valence-corrected chi connectivity index (χ2v) is 4.87. The first kappa shape index (κ1) is 12.7. The van der Waals surface area contributed by atoms with Crippen molar-refractivity contribution in [3.63, 3.8) is 0 Å². The molecule has 0 bridgehead atoms. The molecule has 5 heteroatoms. The highest BCUT2D eigenvalue weighted by molar-refractivity contribution is 6.42. The predicted octanol–water partition coefficient (Wildman–Crippen LogP) is 3.84. The minimum Gasteiger partial charge on any atom is -0.382 e. The number of H-pyrrole nitrogens is 1. The number of imidazole rings is 1. The van der Waals surface area contributed by atoms with Crippen LogP contribution in [0.3, 0.4) is 0 Å².